The second-order valence-corrected chi connectivity index (χ2v) is 13.4. The van der Waals surface area contributed by atoms with Crippen LogP contribution in [0.5, 0.6) is 0 Å². The fraction of sp³-hybridized carbons (Fsp3) is 0.450. The molecule has 0 spiro atoms. The third-order valence-electron chi connectivity index (χ3n) is 8.62. The van der Waals surface area contributed by atoms with E-state index in [1.165, 1.54) is 31.8 Å². The molecule has 1 aromatic carbocycles. The summed E-state index contributed by atoms with van der Waals surface area (Å²) in [6.45, 7) is 14.2. The predicted octanol–water partition coefficient (Wildman–Crippen LogP) is 7.70. The van der Waals surface area contributed by atoms with E-state index in [0.29, 0.717) is 28.7 Å². The van der Waals surface area contributed by atoms with Crippen LogP contribution in [0.1, 0.15) is 82.6 Å². The number of carbonyl (C=O) groups is 2. The van der Waals surface area contributed by atoms with E-state index in [1.54, 1.807) is 38.1 Å². The van der Waals surface area contributed by atoms with Crippen molar-refractivity contribution in [1.82, 2.24) is 15.1 Å². The third-order valence-corrected chi connectivity index (χ3v) is 8.62. The Morgan fingerprint density at radius 3 is 2.22 bits per heavy atom. The van der Waals surface area contributed by atoms with Crippen LogP contribution in [0.2, 0.25) is 0 Å². The van der Waals surface area contributed by atoms with Crippen LogP contribution in [0.3, 0.4) is 0 Å². The van der Waals surface area contributed by atoms with E-state index in [1.807, 2.05) is 32.9 Å². The second-order valence-electron chi connectivity index (χ2n) is 13.4. The van der Waals surface area contributed by atoms with Crippen molar-refractivity contribution in [1.29, 1.82) is 0 Å². The molecule has 9 nitrogen and oxygen atoms in total. The fourth-order valence-corrected chi connectivity index (χ4v) is 5.76. The topological polar surface area (TPSA) is 123 Å². The number of ether oxygens (including phenoxy) is 1. The molecule has 4 N–H and O–H groups in total. The minimum Gasteiger partial charge on any atom is -0.515 e. The number of ketones is 1. The second kappa shape index (κ2) is 19.0. The molecule has 3 aliphatic rings. The molecule has 9 heteroatoms. The number of nitrogens with zero attached hydrogens (tertiary/aromatic N) is 2. The lowest BCUT2D eigenvalue weighted by Gasteiger charge is -2.28. The largest absolute Gasteiger partial charge is 0.515 e. The number of rotatable bonds is 9. The summed E-state index contributed by atoms with van der Waals surface area (Å²) >= 11 is 0. The van der Waals surface area contributed by atoms with Crippen molar-refractivity contribution in [2.24, 2.45) is 5.92 Å². The van der Waals surface area contributed by atoms with Crippen molar-refractivity contribution >= 4 is 17.3 Å². The van der Waals surface area contributed by atoms with Gasteiger partial charge in [-0.3, -0.25) is 9.59 Å². The minimum absolute atomic E-state index is 0.0653. The number of allylic oxidation sites excluding steroid dienone is 10. The Hall–Kier alpha value is -4.34. The van der Waals surface area contributed by atoms with Crippen LogP contribution >= 0.6 is 0 Å². The highest BCUT2D eigenvalue weighted by Crippen LogP contribution is 2.37. The number of Topliss-reactive ketones (excluding diaryl/α,β-unsaturated/α-hetero) is 1. The highest BCUT2D eigenvalue weighted by molar-refractivity contribution is 6.22. The Balaban J connectivity index is 0.000000710. The van der Waals surface area contributed by atoms with Crippen molar-refractivity contribution in [3.05, 3.63) is 112 Å². The van der Waals surface area contributed by atoms with Gasteiger partial charge in [0.15, 0.2) is 11.5 Å². The molecule has 0 bridgehead atoms. The molecule has 1 amide bonds. The van der Waals surface area contributed by atoms with E-state index in [4.69, 9.17) is 4.74 Å². The molecule has 2 aliphatic heterocycles. The number of aliphatic hydroxyl groups is 3. The maximum atomic E-state index is 13.4. The van der Waals surface area contributed by atoms with Crippen LogP contribution in [0.4, 0.5) is 0 Å². The molecule has 4 rings (SSSR count). The Kier molecular flexibility index (Phi) is 15.2. The Labute approximate surface area is 292 Å². The third kappa shape index (κ3) is 11.6. The summed E-state index contributed by atoms with van der Waals surface area (Å²) in [6.07, 6.45) is 13.1. The molecule has 0 unspecified atom stereocenters. The van der Waals surface area contributed by atoms with Gasteiger partial charge in [-0.15, -0.1) is 0 Å². The van der Waals surface area contributed by atoms with Gasteiger partial charge in [0.1, 0.15) is 17.3 Å². The van der Waals surface area contributed by atoms with E-state index in [0.717, 1.165) is 19.1 Å². The molecule has 0 saturated carbocycles. The van der Waals surface area contributed by atoms with E-state index < -0.39 is 0 Å². The normalized spacial score (nSPS) is 20.4. The molecule has 1 aliphatic carbocycles. The molecule has 0 radical (unpaired) electrons. The van der Waals surface area contributed by atoms with Gasteiger partial charge >= 0.3 is 0 Å². The first-order valence-electron chi connectivity index (χ1n) is 17.2. The summed E-state index contributed by atoms with van der Waals surface area (Å²) in [5.41, 5.74) is 3.04. The molecule has 1 saturated heterocycles. The van der Waals surface area contributed by atoms with E-state index in [2.05, 4.69) is 47.4 Å². The standard InChI is InChI=1S/C34H41NO6.C6H14N2/c1-6-29(37)32(39)28(17-21(2)3)33-27(20-36)19-30(38)31(23(5)41-33)25-13-15-26(16-14-25)34(40)35-22(4)18-24-11-9-7-8-10-12-24;1-7-3-5-8(2)6-4-7/h7-9,11-16,20-22,36-37,39H,6,10,17-19H2,1-5H3,(H,35,40);3-6H2,1-2H3/b27-20+,32-29-,33-28+;/t22-;/m0./s1. The number of hydrogen-bond donors (Lipinski definition) is 4. The minimum atomic E-state index is -0.313. The number of aliphatic hydroxyl groups excluding tert-OH is 3. The molecular weight excluding hydrogens is 618 g/mol. The predicted molar refractivity (Wildman–Crippen MR) is 197 cm³/mol. The zero-order valence-corrected chi connectivity index (χ0v) is 30.3. The lowest BCUT2D eigenvalue weighted by molar-refractivity contribution is -0.113. The van der Waals surface area contributed by atoms with Crippen molar-refractivity contribution in [2.75, 3.05) is 40.3 Å². The molecule has 49 heavy (non-hydrogen) atoms. The fourth-order valence-electron chi connectivity index (χ4n) is 5.76. The first kappa shape index (κ1) is 39.1. The van der Waals surface area contributed by atoms with Crippen LogP contribution < -0.4 is 5.32 Å². The Bertz CT molecular complexity index is 1520. The van der Waals surface area contributed by atoms with Crippen molar-refractivity contribution in [3.63, 3.8) is 0 Å². The number of benzene rings is 1. The van der Waals surface area contributed by atoms with Crippen molar-refractivity contribution < 1.29 is 29.6 Å². The van der Waals surface area contributed by atoms with Crippen molar-refractivity contribution in [2.45, 2.75) is 72.8 Å². The van der Waals surface area contributed by atoms with Crippen LogP contribution in [-0.2, 0) is 9.53 Å². The summed E-state index contributed by atoms with van der Waals surface area (Å²) < 4.78 is 6.15. The van der Waals surface area contributed by atoms with Gasteiger partial charge in [-0.2, -0.15) is 0 Å². The first-order valence-corrected chi connectivity index (χ1v) is 17.2. The average Bonchev–Trinajstić information content (AvgIpc) is 3.41. The number of carbonyl (C=O) groups excluding carboxylic acids is 2. The van der Waals surface area contributed by atoms with Gasteiger partial charge in [-0.1, -0.05) is 63.3 Å². The summed E-state index contributed by atoms with van der Waals surface area (Å²) in [5, 5.41) is 34.1. The van der Waals surface area contributed by atoms with Gasteiger partial charge in [0.05, 0.1) is 11.8 Å². The van der Waals surface area contributed by atoms with Gasteiger partial charge in [0.25, 0.3) is 5.91 Å². The first-order chi connectivity index (χ1) is 23.3. The van der Waals surface area contributed by atoms with Crippen LogP contribution in [0.15, 0.2) is 101 Å². The molecule has 2 heterocycles. The zero-order valence-electron chi connectivity index (χ0n) is 30.3. The van der Waals surface area contributed by atoms with Crippen LogP contribution in [-0.4, -0.2) is 83.1 Å². The number of likely N-dealkylation sites (N-methyl/N-ethyl adjacent to an activating group) is 2. The quantitative estimate of drug-likeness (QED) is 0.197. The molecular formula is C40H55N3O6. The van der Waals surface area contributed by atoms with Crippen LogP contribution in [0, 0.1) is 5.92 Å². The number of nitrogens with one attached hydrogen (secondary N) is 1. The number of amides is 1. The Morgan fingerprint density at radius 2 is 1.65 bits per heavy atom. The lowest BCUT2D eigenvalue weighted by atomic mass is 9.93. The van der Waals surface area contributed by atoms with E-state index >= 15 is 0 Å². The van der Waals surface area contributed by atoms with Gasteiger partial charge < -0.3 is 35.2 Å². The molecule has 0 aromatic heterocycles. The van der Waals surface area contributed by atoms with Gasteiger partial charge in [0, 0.05) is 61.8 Å². The van der Waals surface area contributed by atoms with Gasteiger partial charge in [0.2, 0.25) is 0 Å². The summed E-state index contributed by atoms with van der Waals surface area (Å²) in [6, 6.07) is 6.68. The molecule has 1 fully saturated rings. The van der Waals surface area contributed by atoms with Crippen LogP contribution in [0.25, 0.3) is 5.57 Å². The van der Waals surface area contributed by atoms with Gasteiger partial charge in [-0.05, 0) is 76.4 Å². The number of piperazine rings is 1. The van der Waals surface area contributed by atoms with Crippen molar-refractivity contribution in [3.8, 4) is 0 Å². The monoisotopic (exact) mass is 673 g/mol. The zero-order chi connectivity index (χ0) is 36.1. The maximum Gasteiger partial charge on any atom is 0.251 e. The molecule has 266 valence electrons. The van der Waals surface area contributed by atoms with Gasteiger partial charge in [-0.25, -0.2) is 0 Å². The lowest BCUT2D eigenvalue weighted by Crippen LogP contribution is -2.42. The Morgan fingerprint density at radius 1 is 1.02 bits per heavy atom. The molecule has 1 atom stereocenters. The highest BCUT2D eigenvalue weighted by Gasteiger charge is 2.29. The molecule has 1 aromatic rings. The smallest absolute Gasteiger partial charge is 0.251 e. The number of hydrogen-bond acceptors (Lipinski definition) is 8. The summed E-state index contributed by atoms with van der Waals surface area (Å²) in [5.74, 6) is -0.470. The maximum absolute atomic E-state index is 13.4. The summed E-state index contributed by atoms with van der Waals surface area (Å²) in [4.78, 5) is 31.0. The SMILES string of the molecule is CC\C(O)=C(O)/C(CC(C)C)=C1/OC(C)=C(c2ccc(C(=O)N[C@@H](C)CC3=CCC=CC=C3)cc2)C(=O)C/C1=C\O.CN1CCN(C)CC1. The van der Waals surface area contributed by atoms with E-state index in [-0.39, 0.29) is 65.1 Å². The average molecular weight is 674 g/mol. The highest BCUT2D eigenvalue weighted by atomic mass is 16.5. The summed E-state index contributed by atoms with van der Waals surface area (Å²) in [7, 11) is 4.35. The van der Waals surface area contributed by atoms with E-state index in [9.17, 15) is 24.9 Å².